The van der Waals surface area contributed by atoms with E-state index in [1.807, 2.05) is 0 Å². The number of primary amides is 1. The zero-order chi connectivity index (χ0) is 14.0. The largest absolute Gasteiger partial charge is 0.366 e. The fourth-order valence-electron chi connectivity index (χ4n) is 1.30. The highest BCUT2D eigenvalue weighted by atomic mass is 32.2. The molecule has 0 aliphatic carbocycles. The van der Waals surface area contributed by atoms with Gasteiger partial charge in [-0.3, -0.25) is 14.7 Å². The van der Waals surface area contributed by atoms with Crippen LogP contribution in [-0.4, -0.2) is 30.4 Å². The zero-order valence-corrected chi connectivity index (χ0v) is 11.0. The lowest BCUT2D eigenvalue weighted by Gasteiger charge is -2.01. The van der Waals surface area contributed by atoms with Gasteiger partial charge in [-0.25, -0.2) is 8.42 Å². The van der Waals surface area contributed by atoms with Crippen molar-refractivity contribution in [2.45, 2.75) is 4.21 Å². The van der Waals surface area contributed by atoms with Crippen LogP contribution in [0, 0.1) is 0 Å². The average molecular weight is 300 g/mol. The maximum atomic E-state index is 11.7. The number of aromatic nitrogens is 2. The number of amides is 2. The van der Waals surface area contributed by atoms with Crippen LogP contribution in [-0.2, 0) is 10.7 Å². The number of carbonyl (C=O) groups excluding carboxylic acids is 2. The Morgan fingerprint density at radius 3 is 2.68 bits per heavy atom. The molecule has 2 amide bonds. The van der Waals surface area contributed by atoms with E-state index in [4.69, 9.17) is 5.73 Å². The second kappa shape index (κ2) is 5.20. The summed E-state index contributed by atoms with van der Waals surface area (Å²) in [6, 6.07) is 2.56. The number of nitrogens with one attached hydrogen (secondary N) is 2. The van der Waals surface area contributed by atoms with E-state index in [0.29, 0.717) is 0 Å². The summed E-state index contributed by atoms with van der Waals surface area (Å²) in [5, 5.41) is 8.60. The number of anilines is 1. The molecular formula is C9H8N4O4S2. The molecule has 8 nitrogen and oxygen atoms in total. The summed E-state index contributed by atoms with van der Waals surface area (Å²) in [5.41, 5.74) is 5.18. The van der Waals surface area contributed by atoms with Crippen molar-refractivity contribution in [2.24, 2.45) is 5.73 Å². The third kappa shape index (κ3) is 2.80. The quantitative estimate of drug-likeness (QED) is 0.579. The molecule has 0 atom stereocenters. The Hall–Kier alpha value is -2.20. The molecule has 0 radical (unpaired) electrons. The molecular weight excluding hydrogens is 292 g/mol. The Balaban J connectivity index is 2.34. The van der Waals surface area contributed by atoms with Crippen molar-refractivity contribution in [1.82, 2.24) is 10.2 Å². The van der Waals surface area contributed by atoms with Gasteiger partial charge in [-0.1, -0.05) is 0 Å². The van der Waals surface area contributed by atoms with Crippen molar-refractivity contribution in [1.29, 1.82) is 0 Å². The molecule has 0 aliphatic rings. The maximum absolute atomic E-state index is 11.7. The fourth-order valence-corrected chi connectivity index (χ4v) is 2.90. The second-order valence-electron chi connectivity index (χ2n) is 3.36. The number of hydrogen-bond acceptors (Lipinski definition) is 6. The van der Waals surface area contributed by atoms with Gasteiger partial charge in [0.25, 0.3) is 11.8 Å². The second-order valence-corrected chi connectivity index (χ2v) is 5.71. The molecule has 0 unspecified atom stereocenters. The first-order valence-electron chi connectivity index (χ1n) is 4.88. The van der Waals surface area contributed by atoms with Gasteiger partial charge in [-0.15, -0.1) is 11.3 Å². The number of H-pyrrole nitrogens is 1. The number of rotatable bonds is 4. The van der Waals surface area contributed by atoms with Crippen molar-refractivity contribution in [2.75, 3.05) is 5.32 Å². The van der Waals surface area contributed by atoms with Crippen molar-refractivity contribution in [3.63, 3.8) is 0 Å². The molecule has 2 rings (SSSR count). The van der Waals surface area contributed by atoms with Gasteiger partial charge >= 0.3 is 0 Å². The van der Waals surface area contributed by atoms with Gasteiger partial charge in [0.15, 0.2) is 10.7 Å². The van der Waals surface area contributed by atoms with Crippen LogP contribution in [0.15, 0.2) is 22.5 Å². The number of thiophene rings is 1. The summed E-state index contributed by atoms with van der Waals surface area (Å²) in [5.74, 6) is -1.39. The molecule has 0 saturated carbocycles. The predicted molar refractivity (Wildman–Crippen MR) is 68.0 cm³/mol. The third-order valence-corrected chi connectivity index (χ3v) is 4.19. The van der Waals surface area contributed by atoms with E-state index >= 15 is 0 Å². The lowest BCUT2D eigenvalue weighted by atomic mass is 10.3. The van der Waals surface area contributed by atoms with Gasteiger partial charge in [0.05, 0.1) is 5.56 Å². The van der Waals surface area contributed by atoms with Crippen LogP contribution in [0.2, 0.25) is 0 Å². The van der Waals surface area contributed by atoms with Gasteiger partial charge < -0.3 is 11.1 Å². The molecule has 2 heterocycles. The summed E-state index contributed by atoms with van der Waals surface area (Å²) < 4.78 is 21.7. The normalized spacial score (nSPS) is 10.6. The summed E-state index contributed by atoms with van der Waals surface area (Å²) in [4.78, 5) is 22.9. The minimum Gasteiger partial charge on any atom is -0.366 e. The van der Waals surface area contributed by atoms with Crippen molar-refractivity contribution >= 4 is 38.9 Å². The van der Waals surface area contributed by atoms with E-state index in [0.717, 1.165) is 17.4 Å². The first kappa shape index (κ1) is 13.2. The van der Waals surface area contributed by atoms with E-state index in [1.165, 1.54) is 12.3 Å². The zero-order valence-electron chi connectivity index (χ0n) is 9.25. The number of nitrogens with two attached hydrogens (primary N) is 1. The molecule has 0 bridgehead atoms. The molecule has 0 spiro atoms. The monoisotopic (exact) mass is 300 g/mol. The number of nitrogens with zero attached hydrogens (tertiary/aromatic N) is 1. The summed E-state index contributed by atoms with van der Waals surface area (Å²) in [7, 11) is -2.85. The van der Waals surface area contributed by atoms with Crippen LogP contribution in [0.25, 0.3) is 0 Å². The average Bonchev–Trinajstić information content (AvgIpc) is 2.97. The smallest absolute Gasteiger partial charge is 0.276 e. The minimum atomic E-state index is -2.85. The van der Waals surface area contributed by atoms with E-state index in [-0.39, 0.29) is 20.5 Å². The van der Waals surface area contributed by atoms with Crippen LogP contribution in [0.3, 0.4) is 0 Å². The summed E-state index contributed by atoms with van der Waals surface area (Å²) in [6.45, 7) is 0. The van der Waals surface area contributed by atoms with Gasteiger partial charge in [-0.2, -0.15) is 5.10 Å². The Morgan fingerprint density at radius 1 is 1.42 bits per heavy atom. The standard InChI is InChI=1S/C9H8N4O4S2/c10-7(14)4-3-6(19(16)17)18-9(4)12-8(15)5-1-2-11-13-5/h1-3,19H,(H2,10,14)(H,11,13)(H,12,15). The molecule has 19 heavy (non-hydrogen) atoms. The summed E-state index contributed by atoms with van der Waals surface area (Å²) >= 11 is 0.755. The molecule has 0 aliphatic heterocycles. The van der Waals surface area contributed by atoms with Gasteiger partial charge in [0.1, 0.15) is 14.9 Å². The number of aromatic amines is 1. The SMILES string of the molecule is NC(=O)c1cc([SH](=O)=O)sc1NC(=O)c1cc[nH]n1. The van der Waals surface area contributed by atoms with Gasteiger partial charge in [0.2, 0.25) is 0 Å². The molecule has 100 valence electrons. The lowest BCUT2D eigenvalue weighted by Crippen LogP contribution is -2.16. The number of thiol groups is 1. The van der Waals surface area contributed by atoms with E-state index in [9.17, 15) is 18.0 Å². The van der Waals surface area contributed by atoms with Crippen LogP contribution < -0.4 is 11.1 Å². The van der Waals surface area contributed by atoms with Crippen molar-refractivity contribution in [3.05, 3.63) is 29.6 Å². The first-order valence-corrected chi connectivity index (χ1v) is 6.87. The maximum Gasteiger partial charge on any atom is 0.276 e. The molecule has 0 aromatic carbocycles. The highest BCUT2D eigenvalue weighted by Gasteiger charge is 2.18. The van der Waals surface area contributed by atoms with Crippen LogP contribution in [0.1, 0.15) is 20.8 Å². The van der Waals surface area contributed by atoms with Crippen LogP contribution >= 0.6 is 11.3 Å². The van der Waals surface area contributed by atoms with E-state index in [1.54, 1.807) is 0 Å². The molecule has 2 aromatic heterocycles. The van der Waals surface area contributed by atoms with Crippen LogP contribution in [0.5, 0.6) is 0 Å². The molecule has 2 aromatic rings. The van der Waals surface area contributed by atoms with Crippen LogP contribution in [0.4, 0.5) is 5.00 Å². The molecule has 0 fully saturated rings. The Morgan fingerprint density at radius 2 is 2.16 bits per heavy atom. The Labute approximate surface area is 112 Å². The van der Waals surface area contributed by atoms with E-state index < -0.39 is 22.5 Å². The fraction of sp³-hybridized carbons (Fsp3) is 0. The first-order chi connectivity index (χ1) is 8.99. The Kier molecular flexibility index (Phi) is 3.62. The summed E-state index contributed by atoms with van der Waals surface area (Å²) in [6.07, 6.45) is 1.46. The third-order valence-electron chi connectivity index (χ3n) is 2.12. The van der Waals surface area contributed by atoms with Gasteiger partial charge in [-0.05, 0) is 12.1 Å². The van der Waals surface area contributed by atoms with Crippen molar-refractivity contribution < 1.29 is 18.0 Å². The topological polar surface area (TPSA) is 135 Å². The van der Waals surface area contributed by atoms with E-state index in [2.05, 4.69) is 15.5 Å². The number of carbonyl (C=O) groups is 2. The number of hydrogen-bond donors (Lipinski definition) is 4. The van der Waals surface area contributed by atoms with Gasteiger partial charge in [0, 0.05) is 6.20 Å². The lowest BCUT2D eigenvalue weighted by molar-refractivity contribution is 0.100. The highest BCUT2D eigenvalue weighted by molar-refractivity contribution is 7.75. The molecule has 0 saturated heterocycles. The molecule has 4 N–H and O–H groups in total. The van der Waals surface area contributed by atoms with Crippen molar-refractivity contribution in [3.8, 4) is 0 Å². The predicted octanol–water partition coefficient (Wildman–Crippen LogP) is -0.207. The molecule has 10 heteroatoms. The Bertz CT molecular complexity index is 694. The highest BCUT2D eigenvalue weighted by Crippen LogP contribution is 2.29. The minimum absolute atomic E-state index is 0.0527.